The van der Waals surface area contributed by atoms with Crippen molar-refractivity contribution in [3.8, 4) is 0 Å². The predicted molar refractivity (Wildman–Crippen MR) is 119 cm³/mol. The van der Waals surface area contributed by atoms with Gasteiger partial charge in [-0.25, -0.2) is 0 Å². The van der Waals surface area contributed by atoms with Gasteiger partial charge in [-0.2, -0.15) is 13.2 Å². The van der Waals surface area contributed by atoms with Crippen LogP contribution in [0.2, 0.25) is 0 Å². The summed E-state index contributed by atoms with van der Waals surface area (Å²) in [4.78, 5) is 17.1. The molecule has 3 aromatic carbocycles. The molecule has 1 fully saturated rings. The number of rotatable bonds is 3. The smallest absolute Gasteiger partial charge is 0.372 e. The Balaban J connectivity index is 1.57. The fraction of sp³-hybridized carbons (Fsp3) is 0.240. The molecular weight excluding hydrogens is 415 g/mol. The van der Waals surface area contributed by atoms with Crippen LogP contribution in [-0.4, -0.2) is 19.0 Å². The second-order valence-electron chi connectivity index (χ2n) is 8.10. The first-order chi connectivity index (χ1) is 15.4. The SMILES string of the molecule is O=C1c2ccccc2N[C@H](c2ccc(N3CCCC3)cc2)N1c1cccc(C(F)(F)F)c1. The summed E-state index contributed by atoms with van der Waals surface area (Å²) >= 11 is 0. The summed E-state index contributed by atoms with van der Waals surface area (Å²) in [7, 11) is 0. The van der Waals surface area contributed by atoms with Crippen LogP contribution >= 0.6 is 0 Å². The van der Waals surface area contributed by atoms with Crippen LogP contribution in [0.15, 0.2) is 72.8 Å². The number of para-hydroxylation sites is 1. The Labute approximate surface area is 184 Å². The zero-order valence-corrected chi connectivity index (χ0v) is 17.3. The van der Waals surface area contributed by atoms with Crippen molar-refractivity contribution in [2.75, 3.05) is 28.2 Å². The molecule has 0 bridgehead atoms. The van der Waals surface area contributed by atoms with E-state index in [1.54, 1.807) is 12.1 Å². The Morgan fingerprint density at radius 1 is 0.844 bits per heavy atom. The number of benzene rings is 3. The van der Waals surface area contributed by atoms with Gasteiger partial charge in [0.05, 0.1) is 11.1 Å². The molecule has 0 unspecified atom stereocenters. The van der Waals surface area contributed by atoms with Crippen molar-refractivity contribution in [3.63, 3.8) is 0 Å². The van der Waals surface area contributed by atoms with Crippen molar-refractivity contribution >= 4 is 23.0 Å². The second kappa shape index (κ2) is 7.89. The first-order valence-electron chi connectivity index (χ1n) is 10.6. The van der Waals surface area contributed by atoms with Crippen molar-refractivity contribution in [2.45, 2.75) is 25.2 Å². The molecule has 0 spiro atoms. The maximum absolute atomic E-state index is 13.4. The molecule has 2 aliphatic heterocycles. The minimum atomic E-state index is -4.49. The van der Waals surface area contributed by atoms with E-state index in [0.717, 1.165) is 36.5 Å². The van der Waals surface area contributed by atoms with Gasteiger partial charge in [0.15, 0.2) is 0 Å². The lowest BCUT2D eigenvalue weighted by Crippen LogP contribution is -2.43. The molecule has 1 amide bonds. The van der Waals surface area contributed by atoms with Gasteiger partial charge in [0, 0.05) is 30.2 Å². The van der Waals surface area contributed by atoms with Crippen LogP contribution in [0.5, 0.6) is 0 Å². The van der Waals surface area contributed by atoms with E-state index in [-0.39, 0.29) is 11.6 Å². The van der Waals surface area contributed by atoms with E-state index in [2.05, 4.69) is 10.2 Å². The highest BCUT2D eigenvalue weighted by Gasteiger charge is 2.36. The highest BCUT2D eigenvalue weighted by molar-refractivity contribution is 6.12. The number of nitrogens with one attached hydrogen (secondary N) is 1. The first-order valence-corrected chi connectivity index (χ1v) is 10.6. The Hall–Kier alpha value is -3.48. The highest BCUT2D eigenvalue weighted by Crippen LogP contribution is 2.39. The van der Waals surface area contributed by atoms with E-state index in [0.29, 0.717) is 11.3 Å². The van der Waals surface area contributed by atoms with E-state index < -0.39 is 17.9 Å². The molecule has 5 rings (SSSR count). The third-order valence-corrected chi connectivity index (χ3v) is 6.06. The molecule has 4 nitrogen and oxygen atoms in total. The average Bonchev–Trinajstić information content (AvgIpc) is 3.34. The van der Waals surface area contributed by atoms with Gasteiger partial charge in [0.25, 0.3) is 5.91 Å². The molecule has 0 aliphatic carbocycles. The minimum Gasteiger partial charge on any atom is -0.372 e. The molecule has 164 valence electrons. The van der Waals surface area contributed by atoms with E-state index >= 15 is 0 Å². The van der Waals surface area contributed by atoms with E-state index in [1.807, 2.05) is 36.4 Å². The van der Waals surface area contributed by atoms with Crippen LogP contribution in [-0.2, 0) is 6.18 Å². The van der Waals surface area contributed by atoms with Crippen LogP contribution < -0.4 is 15.1 Å². The number of anilines is 3. The number of nitrogens with zero attached hydrogens (tertiary/aromatic N) is 2. The number of halogens is 3. The zero-order chi connectivity index (χ0) is 22.3. The summed E-state index contributed by atoms with van der Waals surface area (Å²) in [5.74, 6) is -0.340. The second-order valence-corrected chi connectivity index (χ2v) is 8.10. The van der Waals surface area contributed by atoms with Gasteiger partial charge in [0.1, 0.15) is 6.17 Å². The van der Waals surface area contributed by atoms with Crippen LogP contribution in [0.25, 0.3) is 0 Å². The zero-order valence-electron chi connectivity index (χ0n) is 17.3. The summed E-state index contributed by atoms with van der Waals surface area (Å²) in [5.41, 5.74) is 2.40. The van der Waals surface area contributed by atoms with Crippen molar-refractivity contribution in [1.82, 2.24) is 0 Å². The fourth-order valence-electron chi connectivity index (χ4n) is 4.43. The third-order valence-electron chi connectivity index (χ3n) is 6.06. The summed E-state index contributed by atoms with van der Waals surface area (Å²) < 4.78 is 40.1. The summed E-state index contributed by atoms with van der Waals surface area (Å²) in [5, 5.41) is 3.35. The van der Waals surface area contributed by atoms with E-state index in [9.17, 15) is 18.0 Å². The van der Waals surface area contributed by atoms with Crippen LogP contribution in [0.1, 0.15) is 40.5 Å². The molecule has 1 saturated heterocycles. The van der Waals surface area contributed by atoms with Crippen LogP contribution in [0.3, 0.4) is 0 Å². The maximum atomic E-state index is 13.4. The van der Waals surface area contributed by atoms with Crippen molar-refractivity contribution in [1.29, 1.82) is 0 Å². The van der Waals surface area contributed by atoms with Gasteiger partial charge in [-0.1, -0.05) is 30.3 Å². The Morgan fingerprint density at radius 2 is 1.56 bits per heavy atom. The fourth-order valence-corrected chi connectivity index (χ4v) is 4.43. The minimum absolute atomic E-state index is 0.195. The summed E-state index contributed by atoms with van der Waals surface area (Å²) in [6.07, 6.45) is -2.79. The molecular formula is C25H22F3N3O. The standard InChI is InChI=1S/C25H22F3N3O/c26-25(27,28)18-6-5-7-20(16-18)31-23(29-22-9-2-1-8-21(22)24(31)32)17-10-12-19(13-11-17)30-14-3-4-15-30/h1-2,5-13,16,23,29H,3-4,14-15H2/t23-/m0/s1. The van der Waals surface area contributed by atoms with Gasteiger partial charge < -0.3 is 10.2 Å². The highest BCUT2D eigenvalue weighted by atomic mass is 19.4. The molecule has 3 aromatic rings. The van der Waals surface area contributed by atoms with Gasteiger partial charge in [-0.3, -0.25) is 9.69 Å². The first kappa shape index (κ1) is 20.4. The summed E-state index contributed by atoms with van der Waals surface area (Å²) in [6, 6.07) is 19.9. The van der Waals surface area contributed by atoms with Crippen molar-refractivity contribution in [2.24, 2.45) is 0 Å². The van der Waals surface area contributed by atoms with Gasteiger partial charge >= 0.3 is 6.18 Å². The number of alkyl halides is 3. The Kier molecular flexibility index (Phi) is 5.04. The number of carbonyl (C=O) groups excluding carboxylic acids is 1. The molecule has 32 heavy (non-hydrogen) atoms. The molecule has 2 heterocycles. The number of fused-ring (bicyclic) bond motifs is 1. The number of amides is 1. The topological polar surface area (TPSA) is 35.6 Å². The lowest BCUT2D eigenvalue weighted by Gasteiger charge is -2.38. The molecule has 7 heteroatoms. The normalized spacial score (nSPS) is 18.5. The van der Waals surface area contributed by atoms with Gasteiger partial charge in [-0.05, 0) is 60.9 Å². The third kappa shape index (κ3) is 3.68. The lowest BCUT2D eigenvalue weighted by atomic mass is 10.0. The van der Waals surface area contributed by atoms with Gasteiger partial charge in [-0.15, -0.1) is 0 Å². The maximum Gasteiger partial charge on any atom is 0.416 e. The monoisotopic (exact) mass is 437 g/mol. The lowest BCUT2D eigenvalue weighted by molar-refractivity contribution is -0.137. The molecule has 2 aliphatic rings. The number of carbonyl (C=O) groups is 1. The molecule has 0 radical (unpaired) electrons. The average molecular weight is 437 g/mol. The van der Waals surface area contributed by atoms with Crippen LogP contribution in [0, 0.1) is 0 Å². The molecule has 0 saturated carbocycles. The predicted octanol–water partition coefficient (Wildman–Crippen LogP) is 6.08. The Morgan fingerprint density at radius 3 is 2.28 bits per heavy atom. The van der Waals surface area contributed by atoms with Crippen molar-refractivity contribution in [3.05, 3.63) is 89.5 Å². The largest absolute Gasteiger partial charge is 0.416 e. The Bertz CT molecular complexity index is 1140. The van der Waals surface area contributed by atoms with Gasteiger partial charge in [0.2, 0.25) is 0 Å². The van der Waals surface area contributed by atoms with Crippen molar-refractivity contribution < 1.29 is 18.0 Å². The number of hydrogen-bond acceptors (Lipinski definition) is 3. The van der Waals surface area contributed by atoms with E-state index in [4.69, 9.17) is 0 Å². The molecule has 1 atom stereocenters. The molecule has 0 aromatic heterocycles. The van der Waals surface area contributed by atoms with Crippen LogP contribution in [0.4, 0.5) is 30.2 Å². The molecule has 1 N–H and O–H groups in total. The summed E-state index contributed by atoms with van der Waals surface area (Å²) in [6.45, 7) is 2.03. The quantitative estimate of drug-likeness (QED) is 0.540. The van der Waals surface area contributed by atoms with E-state index in [1.165, 1.54) is 29.9 Å². The number of hydrogen-bond donors (Lipinski definition) is 1.